The number of benzene rings is 1. The Balaban J connectivity index is 0.00000225. The maximum atomic E-state index is 12.7. The van der Waals surface area contributed by atoms with Gasteiger partial charge in [0.1, 0.15) is 11.5 Å². The van der Waals surface area contributed by atoms with Gasteiger partial charge in [0.2, 0.25) is 0 Å². The minimum absolute atomic E-state index is 0. The molecule has 0 saturated carbocycles. The van der Waals surface area contributed by atoms with Crippen molar-refractivity contribution in [3.63, 3.8) is 0 Å². The molecular formula is C18H22Cl2N4O. The van der Waals surface area contributed by atoms with Crippen molar-refractivity contribution in [2.24, 2.45) is 0 Å². The molecule has 5 nitrogen and oxygen atoms in total. The maximum Gasteiger partial charge on any atom is 0.272 e. The minimum Gasteiger partial charge on any atom is -0.399 e. The monoisotopic (exact) mass is 380 g/mol. The molecule has 0 fully saturated rings. The first-order chi connectivity index (χ1) is 11.5. The van der Waals surface area contributed by atoms with Crippen LogP contribution in [0, 0.1) is 0 Å². The molecule has 0 radical (unpaired) electrons. The van der Waals surface area contributed by atoms with Crippen LogP contribution in [0.25, 0.3) is 0 Å². The second-order valence-corrected chi connectivity index (χ2v) is 6.86. The highest BCUT2D eigenvalue weighted by Gasteiger charge is 2.24. The number of carbonyl (C=O) groups excluding carboxylic acids is 1. The number of fused-ring (bicyclic) bond motifs is 1. The van der Waals surface area contributed by atoms with Gasteiger partial charge < -0.3 is 11.1 Å². The van der Waals surface area contributed by atoms with Crippen LogP contribution in [0.5, 0.6) is 0 Å². The van der Waals surface area contributed by atoms with E-state index < -0.39 is 0 Å². The highest BCUT2D eigenvalue weighted by Crippen LogP contribution is 2.31. The molecule has 1 amide bonds. The van der Waals surface area contributed by atoms with Crippen LogP contribution in [0.3, 0.4) is 0 Å². The van der Waals surface area contributed by atoms with Crippen molar-refractivity contribution in [2.75, 3.05) is 5.73 Å². The lowest BCUT2D eigenvalue weighted by Crippen LogP contribution is -2.32. The van der Waals surface area contributed by atoms with Crippen molar-refractivity contribution in [1.82, 2.24) is 15.3 Å². The van der Waals surface area contributed by atoms with E-state index in [0.29, 0.717) is 5.82 Å². The van der Waals surface area contributed by atoms with E-state index in [9.17, 15) is 4.79 Å². The Hall–Kier alpha value is -1.85. The second-order valence-electron chi connectivity index (χ2n) is 6.46. The van der Waals surface area contributed by atoms with Crippen LogP contribution >= 0.6 is 24.0 Å². The summed E-state index contributed by atoms with van der Waals surface area (Å²) in [4.78, 5) is 21.2. The Morgan fingerprint density at radius 1 is 1.40 bits per heavy atom. The second kappa shape index (κ2) is 8.02. The van der Waals surface area contributed by atoms with E-state index in [1.807, 2.05) is 32.0 Å². The van der Waals surface area contributed by atoms with E-state index in [-0.39, 0.29) is 41.0 Å². The van der Waals surface area contributed by atoms with Gasteiger partial charge in [-0.15, -0.1) is 12.4 Å². The number of anilines is 1. The van der Waals surface area contributed by atoms with Crippen molar-refractivity contribution in [3.8, 4) is 0 Å². The third kappa shape index (κ3) is 4.22. The minimum atomic E-state index is -0.265. The fraction of sp³-hybridized carbons (Fsp3) is 0.389. The van der Waals surface area contributed by atoms with Crippen molar-refractivity contribution in [3.05, 3.63) is 52.1 Å². The van der Waals surface area contributed by atoms with Gasteiger partial charge in [0.15, 0.2) is 0 Å². The van der Waals surface area contributed by atoms with E-state index >= 15 is 0 Å². The Morgan fingerprint density at radius 3 is 2.88 bits per heavy atom. The molecule has 0 saturated heterocycles. The van der Waals surface area contributed by atoms with E-state index in [2.05, 4.69) is 15.3 Å². The predicted molar refractivity (Wildman–Crippen MR) is 102 cm³/mol. The fourth-order valence-corrected chi connectivity index (χ4v) is 3.21. The molecule has 3 N–H and O–H groups in total. The number of amides is 1. The summed E-state index contributed by atoms with van der Waals surface area (Å²) in [6.07, 6.45) is 4.38. The lowest BCUT2D eigenvalue weighted by atomic mass is 9.87. The van der Waals surface area contributed by atoms with Crippen LogP contribution in [-0.4, -0.2) is 15.9 Å². The number of carbonyl (C=O) groups is 1. The van der Waals surface area contributed by atoms with Gasteiger partial charge in [-0.25, -0.2) is 9.97 Å². The fourth-order valence-electron chi connectivity index (χ4n) is 3.03. The molecule has 3 rings (SSSR count). The average molecular weight is 381 g/mol. The first-order valence-corrected chi connectivity index (χ1v) is 8.55. The lowest BCUT2D eigenvalue weighted by Gasteiger charge is -2.26. The number of nitrogens with two attached hydrogens (primary N) is 1. The van der Waals surface area contributed by atoms with E-state index in [0.717, 1.165) is 30.5 Å². The highest BCUT2D eigenvalue weighted by atomic mass is 35.5. The molecule has 134 valence electrons. The average Bonchev–Trinajstić information content (AvgIpc) is 2.54. The molecule has 0 spiro atoms. The number of halogens is 2. The summed E-state index contributed by atoms with van der Waals surface area (Å²) in [7, 11) is 0. The number of nitrogens with one attached hydrogen (secondary N) is 1. The summed E-state index contributed by atoms with van der Waals surface area (Å²) in [6.45, 7) is 3.96. The van der Waals surface area contributed by atoms with Gasteiger partial charge in [0.25, 0.3) is 5.91 Å². The summed E-state index contributed by atoms with van der Waals surface area (Å²) in [5.74, 6) is 0.479. The lowest BCUT2D eigenvalue weighted by molar-refractivity contribution is 0.0927. The van der Waals surface area contributed by atoms with Crippen molar-refractivity contribution in [1.29, 1.82) is 0 Å². The molecule has 2 aromatic rings. The standard InChI is InChI=1S/C18H21ClN4O.ClH/c1-10(2)17-21-9-14(19)16(23-17)18(24)22-15-5-3-4-11-8-12(20)6-7-13(11)15;/h6-10,15H,3-5,20H2,1-2H3,(H,22,24);1H. The molecule has 1 aromatic heterocycles. The normalized spacial score (nSPS) is 16.1. The molecule has 1 aromatic carbocycles. The Kier molecular flexibility index (Phi) is 6.25. The summed E-state index contributed by atoms with van der Waals surface area (Å²) in [6, 6.07) is 5.81. The van der Waals surface area contributed by atoms with Gasteiger partial charge in [-0.3, -0.25) is 4.79 Å². The summed E-state index contributed by atoms with van der Waals surface area (Å²) in [5.41, 5.74) is 9.17. The van der Waals surface area contributed by atoms with Gasteiger partial charge >= 0.3 is 0 Å². The van der Waals surface area contributed by atoms with Crippen LogP contribution in [0.2, 0.25) is 5.02 Å². The molecule has 0 aliphatic heterocycles. The van der Waals surface area contributed by atoms with Gasteiger partial charge in [-0.2, -0.15) is 0 Å². The number of aryl methyl sites for hydroxylation is 1. The van der Waals surface area contributed by atoms with E-state index in [1.165, 1.54) is 11.8 Å². The number of hydrogen-bond acceptors (Lipinski definition) is 4. The van der Waals surface area contributed by atoms with Crippen LogP contribution in [0.4, 0.5) is 5.69 Å². The molecule has 1 atom stereocenters. The van der Waals surface area contributed by atoms with Crippen molar-refractivity contribution >= 4 is 35.6 Å². The van der Waals surface area contributed by atoms with Crippen molar-refractivity contribution < 1.29 is 4.79 Å². The molecule has 1 aliphatic carbocycles. The van der Waals surface area contributed by atoms with E-state index in [1.54, 1.807) is 0 Å². The molecule has 1 unspecified atom stereocenters. The van der Waals surface area contributed by atoms with Gasteiger partial charge in [-0.1, -0.05) is 31.5 Å². The van der Waals surface area contributed by atoms with Crippen LogP contribution in [0.15, 0.2) is 24.4 Å². The molecule has 0 bridgehead atoms. The Morgan fingerprint density at radius 2 is 2.16 bits per heavy atom. The third-order valence-corrected chi connectivity index (χ3v) is 4.56. The van der Waals surface area contributed by atoms with Crippen LogP contribution in [-0.2, 0) is 6.42 Å². The van der Waals surface area contributed by atoms with Crippen LogP contribution < -0.4 is 11.1 Å². The topological polar surface area (TPSA) is 80.9 Å². The molecule has 1 heterocycles. The molecular weight excluding hydrogens is 359 g/mol. The molecule has 25 heavy (non-hydrogen) atoms. The number of nitrogens with zero attached hydrogens (tertiary/aromatic N) is 2. The predicted octanol–water partition coefficient (Wildman–Crippen LogP) is 4.06. The zero-order chi connectivity index (χ0) is 17.3. The van der Waals surface area contributed by atoms with Gasteiger partial charge in [-0.05, 0) is 42.5 Å². The summed E-state index contributed by atoms with van der Waals surface area (Å²) < 4.78 is 0. The van der Waals surface area contributed by atoms with Gasteiger partial charge in [0, 0.05) is 11.6 Å². The quantitative estimate of drug-likeness (QED) is 0.786. The number of nitrogen functional groups attached to an aromatic ring is 1. The Labute approximate surface area is 158 Å². The highest BCUT2D eigenvalue weighted by molar-refractivity contribution is 6.33. The molecule has 1 aliphatic rings. The largest absolute Gasteiger partial charge is 0.399 e. The summed E-state index contributed by atoms with van der Waals surface area (Å²) >= 11 is 6.13. The maximum absolute atomic E-state index is 12.7. The van der Waals surface area contributed by atoms with E-state index in [4.69, 9.17) is 17.3 Å². The smallest absolute Gasteiger partial charge is 0.272 e. The number of hydrogen-bond donors (Lipinski definition) is 2. The number of aromatic nitrogens is 2. The van der Waals surface area contributed by atoms with Crippen LogP contribution in [0.1, 0.15) is 66.1 Å². The SMILES string of the molecule is CC(C)c1ncc(Cl)c(C(=O)NC2CCCc3cc(N)ccc32)n1.Cl. The zero-order valence-corrected chi connectivity index (χ0v) is 15.8. The summed E-state index contributed by atoms with van der Waals surface area (Å²) in [5, 5.41) is 3.33. The van der Waals surface area contributed by atoms with Crippen molar-refractivity contribution in [2.45, 2.75) is 45.1 Å². The first-order valence-electron chi connectivity index (χ1n) is 8.17. The number of rotatable bonds is 3. The Bertz CT molecular complexity index is 780. The molecule has 7 heteroatoms. The zero-order valence-electron chi connectivity index (χ0n) is 14.3. The first kappa shape index (κ1) is 19.5. The van der Waals surface area contributed by atoms with Gasteiger partial charge in [0.05, 0.1) is 17.3 Å². The third-order valence-electron chi connectivity index (χ3n) is 4.28.